The molecule has 0 aromatic heterocycles. The number of nitrogens with one attached hydrogen (secondary N) is 5. The van der Waals surface area contributed by atoms with Gasteiger partial charge in [-0.05, 0) is 84.5 Å². The second-order valence-electron chi connectivity index (χ2n) is 12.5. The van der Waals surface area contributed by atoms with Crippen LogP contribution in [0, 0.1) is 5.92 Å². The molecule has 2 atom stereocenters. The van der Waals surface area contributed by atoms with Crippen molar-refractivity contribution in [3.05, 3.63) is 96.1 Å². The van der Waals surface area contributed by atoms with Crippen LogP contribution in [0.25, 0.3) is 21.5 Å². The minimum Gasteiger partial charge on any atom is -0.351 e. The Kier molecular flexibility index (Phi) is 10.0. The molecule has 0 radical (unpaired) electrons. The normalized spacial score (nSPS) is 17.4. The molecule has 8 nitrogen and oxygen atoms in total. The van der Waals surface area contributed by atoms with Gasteiger partial charge in [-0.1, -0.05) is 84.9 Å². The number of carbonyl (C=O) groups excluding carboxylic acids is 3. The zero-order chi connectivity index (χ0) is 31.0. The third kappa shape index (κ3) is 8.07. The lowest BCUT2D eigenvalue weighted by atomic mass is 9.95. The van der Waals surface area contributed by atoms with Crippen LogP contribution < -0.4 is 26.6 Å². The van der Waals surface area contributed by atoms with Crippen molar-refractivity contribution < 1.29 is 14.4 Å². The Balaban J connectivity index is 1.24. The summed E-state index contributed by atoms with van der Waals surface area (Å²) < 4.78 is 0. The van der Waals surface area contributed by atoms with Crippen molar-refractivity contribution in [2.45, 2.75) is 56.7 Å². The molecule has 4 aromatic carbocycles. The van der Waals surface area contributed by atoms with E-state index in [1.807, 2.05) is 48.5 Å². The quantitative estimate of drug-likeness (QED) is 0.190. The van der Waals surface area contributed by atoms with Gasteiger partial charge in [-0.25, -0.2) is 0 Å². The number of benzene rings is 4. The predicted molar refractivity (Wildman–Crippen MR) is 179 cm³/mol. The molecular formula is C37H43N5O3. The van der Waals surface area contributed by atoms with Crippen molar-refractivity contribution in [2.24, 2.45) is 5.92 Å². The first kappa shape index (κ1) is 30.7. The van der Waals surface area contributed by atoms with Crippen LogP contribution in [0.2, 0.25) is 0 Å². The molecule has 2 aliphatic heterocycles. The summed E-state index contributed by atoms with van der Waals surface area (Å²) in [6.45, 7) is 3.26. The first-order valence-electron chi connectivity index (χ1n) is 16.3. The van der Waals surface area contributed by atoms with Crippen LogP contribution in [0.3, 0.4) is 0 Å². The molecule has 2 saturated heterocycles. The average Bonchev–Trinajstić information content (AvgIpc) is 3.08. The van der Waals surface area contributed by atoms with Gasteiger partial charge in [-0.15, -0.1) is 0 Å². The molecule has 5 N–H and O–H groups in total. The fraction of sp³-hybridized carbons (Fsp3) is 0.378. The summed E-state index contributed by atoms with van der Waals surface area (Å²) in [5.74, 6) is -0.799. The van der Waals surface area contributed by atoms with E-state index in [0.29, 0.717) is 12.8 Å². The van der Waals surface area contributed by atoms with Crippen LogP contribution in [-0.2, 0) is 27.2 Å². The number of hydrogen-bond donors (Lipinski definition) is 5. The molecule has 0 saturated carbocycles. The highest BCUT2D eigenvalue weighted by molar-refractivity contribution is 5.93. The van der Waals surface area contributed by atoms with Crippen LogP contribution in [0.1, 0.15) is 36.8 Å². The number of carbonyl (C=O) groups is 3. The highest BCUT2D eigenvalue weighted by Gasteiger charge is 2.31. The molecular weight excluding hydrogens is 562 g/mol. The molecule has 8 heteroatoms. The van der Waals surface area contributed by atoms with Gasteiger partial charge in [0.1, 0.15) is 12.1 Å². The van der Waals surface area contributed by atoms with E-state index in [-0.39, 0.29) is 29.7 Å². The van der Waals surface area contributed by atoms with Crippen molar-refractivity contribution in [3.63, 3.8) is 0 Å². The number of piperidine rings is 2. The maximum Gasteiger partial charge on any atom is 0.243 e. The van der Waals surface area contributed by atoms with E-state index in [1.165, 1.54) is 0 Å². The van der Waals surface area contributed by atoms with E-state index in [1.54, 1.807) is 0 Å². The number of rotatable bonds is 10. The Morgan fingerprint density at radius 3 is 1.64 bits per heavy atom. The Morgan fingerprint density at radius 1 is 0.600 bits per heavy atom. The van der Waals surface area contributed by atoms with Crippen LogP contribution in [0.15, 0.2) is 84.9 Å². The summed E-state index contributed by atoms with van der Waals surface area (Å²) in [6.07, 6.45) is 3.83. The maximum absolute atomic E-state index is 14.1. The van der Waals surface area contributed by atoms with E-state index in [4.69, 9.17) is 0 Å². The topological polar surface area (TPSA) is 111 Å². The second-order valence-corrected chi connectivity index (χ2v) is 12.5. The summed E-state index contributed by atoms with van der Waals surface area (Å²) in [5.41, 5.74) is 1.91. The molecule has 0 aliphatic carbocycles. The fourth-order valence-corrected chi connectivity index (χ4v) is 6.54. The largest absolute Gasteiger partial charge is 0.351 e. The molecule has 3 amide bonds. The Hall–Kier alpha value is -4.27. The first-order valence-corrected chi connectivity index (χ1v) is 16.3. The monoisotopic (exact) mass is 605 g/mol. The number of hydrogen-bond acceptors (Lipinski definition) is 5. The Labute approximate surface area is 264 Å². The van der Waals surface area contributed by atoms with Crippen molar-refractivity contribution in [2.75, 3.05) is 26.2 Å². The summed E-state index contributed by atoms with van der Waals surface area (Å²) in [4.78, 5) is 41.3. The smallest absolute Gasteiger partial charge is 0.243 e. The van der Waals surface area contributed by atoms with Crippen molar-refractivity contribution in [3.8, 4) is 0 Å². The highest BCUT2D eigenvalue weighted by Crippen LogP contribution is 2.20. The van der Waals surface area contributed by atoms with Crippen molar-refractivity contribution >= 4 is 39.3 Å². The molecule has 4 aromatic rings. The summed E-state index contributed by atoms with van der Waals surface area (Å²) in [5, 5.41) is 20.4. The Morgan fingerprint density at radius 2 is 1.09 bits per heavy atom. The predicted octanol–water partition coefficient (Wildman–Crippen LogP) is 3.62. The van der Waals surface area contributed by atoms with Crippen LogP contribution in [-0.4, -0.2) is 62.0 Å². The standard InChI is InChI=1S/C37H43N5O3/c43-35(29-13-17-38-18-14-29)41-34(24-26-10-12-28-6-2-4-8-31(28)22-26)37(45)42-33(36(44)40-32-15-19-39-20-16-32)23-25-9-11-27-5-1-3-7-30(27)21-25/h1-12,21-22,29,32-34,38-39H,13-20,23-24H2,(H,40,44)(H,41,43)(H,42,45)/t33?,34-/m1/s1. The van der Waals surface area contributed by atoms with Gasteiger partial charge < -0.3 is 26.6 Å². The average molecular weight is 606 g/mol. The van der Waals surface area contributed by atoms with E-state index < -0.39 is 12.1 Å². The van der Waals surface area contributed by atoms with Gasteiger partial charge in [0.25, 0.3) is 0 Å². The van der Waals surface area contributed by atoms with Crippen molar-refractivity contribution in [1.29, 1.82) is 0 Å². The van der Waals surface area contributed by atoms with Gasteiger partial charge in [-0.2, -0.15) is 0 Å². The molecule has 0 spiro atoms. The van der Waals surface area contributed by atoms with Crippen LogP contribution in [0.4, 0.5) is 0 Å². The number of amides is 3. The lowest BCUT2D eigenvalue weighted by Crippen LogP contribution is -2.57. The third-order valence-corrected chi connectivity index (χ3v) is 9.17. The highest BCUT2D eigenvalue weighted by atomic mass is 16.2. The van der Waals surface area contributed by atoms with Gasteiger partial charge in [0.05, 0.1) is 0 Å². The van der Waals surface area contributed by atoms with Gasteiger partial charge in [0.15, 0.2) is 0 Å². The molecule has 234 valence electrons. The lowest BCUT2D eigenvalue weighted by Gasteiger charge is -2.29. The van der Waals surface area contributed by atoms with E-state index in [2.05, 4.69) is 63.0 Å². The minimum atomic E-state index is -0.820. The molecule has 1 unspecified atom stereocenters. The van der Waals surface area contributed by atoms with E-state index >= 15 is 0 Å². The Bertz CT molecular complexity index is 1640. The molecule has 2 heterocycles. The maximum atomic E-state index is 14.1. The fourth-order valence-electron chi connectivity index (χ4n) is 6.54. The minimum absolute atomic E-state index is 0.0581. The first-order chi connectivity index (χ1) is 22.0. The molecule has 2 fully saturated rings. The van der Waals surface area contributed by atoms with Gasteiger partial charge >= 0.3 is 0 Å². The van der Waals surface area contributed by atoms with E-state index in [0.717, 1.165) is 84.5 Å². The van der Waals surface area contributed by atoms with Gasteiger partial charge in [-0.3, -0.25) is 14.4 Å². The summed E-state index contributed by atoms with van der Waals surface area (Å²) in [6, 6.07) is 26.9. The molecule has 0 bridgehead atoms. The molecule has 45 heavy (non-hydrogen) atoms. The van der Waals surface area contributed by atoms with Crippen molar-refractivity contribution in [1.82, 2.24) is 26.6 Å². The summed E-state index contributed by atoms with van der Waals surface area (Å²) in [7, 11) is 0. The SMILES string of the molecule is O=C(N[C@H](Cc1ccc2ccccc2c1)C(=O)NC(Cc1ccc2ccccc2c1)C(=O)NC1CCNCC1)C1CCNCC1. The lowest BCUT2D eigenvalue weighted by molar-refractivity contribution is -0.133. The summed E-state index contributed by atoms with van der Waals surface area (Å²) >= 11 is 0. The van der Waals surface area contributed by atoms with Crippen LogP contribution in [0.5, 0.6) is 0 Å². The second kappa shape index (κ2) is 14.7. The molecule has 2 aliphatic rings. The van der Waals surface area contributed by atoms with Crippen LogP contribution >= 0.6 is 0 Å². The zero-order valence-electron chi connectivity index (χ0n) is 25.7. The van der Waals surface area contributed by atoms with Gasteiger partial charge in [0, 0.05) is 24.8 Å². The van der Waals surface area contributed by atoms with Gasteiger partial charge in [0.2, 0.25) is 17.7 Å². The van der Waals surface area contributed by atoms with E-state index in [9.17, 15) is 14.4 Å². The third-order valence-electron chi connectivity index (χ3n) is 9.17. The zero-order valence-corrected chi connectivity index (χ0v) is 25.7. The number of fused-ring (bicyclic) bond motifs is 2. The molecule has 6 rings (SSSR count).